The van der Waals surface area contributed by atoms with Crippen LogP contribution in [0.3, 0.4) is 0 Å². The first-order valence-electron chi connectivity index (χ1n) is 5.19. The van der Waals surface area contributed by atoms with E-state index in [4.69, 9.17) is 0 Å². The highest BCUT2D eigenvalue weighted by Gasteiger charge is 2.64. The lowest BCUT2D eigenvalue weighted by Gasteiger charge is -2.04. The minimum Gasteiger partial charge on any atom is -0.314 e. The molecule has 0 aliphatic heterocycles. The van der Waals surface area contributed by atoms with Crippen LogP contribution in [0.25, 0.3) is 0 Å². The third-order valence-electron chi connectivity index (χ3n) is 4.51. The molecular formula is C11H21N. The minimum absolute atomic E-state index is 0.564. The fourth-order valence-electron chi connectivity index (χ4n) is 2.42. The van der Waals surface area contributed by atoms with Gasteiger partial charge in [0.05, 0.1) is 0 Å². The fourth-order valence-corrected chi connectivity index (χ4v) is 2.42. The quantitative estimate of drug-likeness (QED) is 0.680. The van der Waals surface area contributed by atoms with Gasteiger partial charge >= 0.3 is 0 Å². The summed E-state index contributed by atoms with van der Waals surface area (Å²) in [5.41, 5.74) is 1.13. The van der Waals surface area contributed by atoms with Crippen molar-refractivity contribution >= 4 is 0 Å². The van der Waals surface area contributed by atoms with Gasteiger partial charge in [-0.3, -0.25) is 0 Å². The fraction of sp³-hybridized carbons (Fsp3) is 1.00. The molecule has 0 radical (unpaired) electrons. The van der Waals surface area contributed by atoms with Crippen LogP contribution in [0.1, 0.15) is 40.5 Å². The number of nitrogens with one attached hydrogen (secondary N) is 1. The van der Waals surface area contributed by atoms with E-state index in [0.29, 0.717) is 10.8 Å². The Morgan fingerprint density at radius 2 is 1.58 bits per heavy atom. The van der Waals surface area contributed by atoms with Crippen LogP contribution in [0, 0.1) is 16.7 Å². The van der Waals surface area contributed by atoms with Crippen LogP contribution in [0.15, 0.2) is 0 Å². The SMILES string of the molecule is CC1(C)C(CNC2CC2)C1(C)C. The Bertz CT molecular complexity index is 175. The highest BCUT2D eigenvalue weighted by Crippen LogP contribution is 2.68. The van der Waals surface area contributed by atoms with Crippen LogP contribution >= 0.6 is 0 Å². The molecule has 0 saturated heterocycles. The summed E-state index contributed by atoms with van der Waals surface area (Å²) in [4.78, 5) is 0. The topological polar surface area (TPSA) is 12.0 Å². The van der Waals surface area contributed by atoms with E-state index in [1.54, 1.807) is 0 Å². The van der Waals surface area contributed by atoms with Crippen molar-refractivity contribution in [1.82, 2.24) is 5.32 Å². The molecular weight excluding hydrogens is 146 g/mol. The lowest BCUT2D eigenvalue weighted by Crippen LogP contribution is -2.21. The van der Waals surface area contributed by atoms with Crippen LogP contribution in [0.2, 0.25) is 0 Å². The van der Waals surface area contributed by atoms with Crippen LogP contribution in [-0.2, 0) is 0 Å². The van der Waals surface area contributed by atoms with Crippen LogP contribution in [0.5, 0.6) is 0 Å². The van der Waals surface area contributed by atoms with Crippen molar-refractivity contribution in [3.8, 4) is 0 Å². The zero-order valence-electron chi connectivity index (χ0n) is 8.78. The van der Waals surface area contributed by atoms with E-state index in [1.165, 1.54) is 19.4 Å². The van der Waals surface area contributed by atoms with E-state index in [9.17, 15) is 0 Å². The Balaban J connectivity index is 1.82. The van der Waals surface area contributed by atoms with Gasteiger partial charge < -0.3 is 5.32 Å². The zero-order chi connectivity index (χ0) is 8.98. The van der Waals surface area contributed by atoms with Crippen molar-refractivity contribution in [3.05, 3.63) is 0 Å². The highest BCUT2D eigenvalue weighted by atomic mass is 15.0. The van der Waals surface area contributed by atoms with Crippen LogP contribution in [-0.4, -0.2) is 12.6 Å². The van der Waals surface area contributed by atoms with E-state index < -0.39 is 0 Å². The molecule has 0 heterocycles. The molecule has 1 nitrogen and oxygen atoms in total. The summed E-state index contributed by atoms with van der Waals surface area (Å²) >= 11 is 0. The summed E-state index contributed by atoms with van der Waals surface area (Å²) in [6.45, 7) is 10.8. The standard InChI is InChI=1S/C11H21N/c1-10(2)9(11(10,3)4)7-12-8-5-6-8/h8-9,12H,5-7H2,1-4H3. The molecule has 1 heteroatoms. The lowest BCUT2D eigenvalue weighted by molar-refractivity contribution is 0.457. The highest BCUT2D eigenvalue weighted by molar-refractivity contribution is 5.13. The molecule has 2 aliphatic rings. The molecule has 0 unspecified atom stereocenters. The van der Waals surface area contributed by atoms with Gasteiger partial charge in [0.15, 0.2) is 0 Å². The first-order chi connectivity index (χ1) is 5.46. The molecule has 0 spiro atoms. The van der Waals surface area contributed by atoms with Crippen molar-refractivity contribution < 1.29 is 0 Å². The second kappa shape index (κ2) is 2.25. The Morgan fingerprint density at radius 1 is 1.08 bits per heavy atom. The molecule has 12 heavy (non-hydrogen) atoms. The Hall–Kier alpha value is -0.0400. The molecule has 0 atom stereocenters. The average molecular weight is 167 g/mol. The monoisotopic (exact) mass is 167 g/mol. The third-order valence-corrected chi connectivity index (χ3v) is 4.51. The molecule has 70 valence electrons. The zero-order valence-corrected chi connectivity index (χ0v) is 8.78. The summed E-state index contributed by atoms with van der Waals surface area (Å²) < 4.78 is 0. The molecule has 2 aliphatic carbocycles. The van der Waals surface area contributed by atoms with Gasteiger partial charge in [-0.1, -0.05) is 27.7 Å². The second-order valence-corrected chi connectivity index (χ2v) is 5.68. The summed E-state index contributed by atoms with van der Waals surface area (Å²) in [7, 11) is 0. The van der Waals surface area contributed by atoms with E-state index in [-0.39, 0.29) is 0 Å². The number of hydrogen-bond donors (Lipinski definition) is 1. The predicted molar refractivity (Wildman–Crippen MR) is 52.1 cm³/mol. The van der Waals surface area contributed by atoms with Gasteiger partial charge in [-0.25, -0.2) is 0 Å². The smallest absolute Gasteiger partial charge is 0.00683 e. The van der Waals surface area contributed by atoms with Crippen molar-refractivity contribution in [2.45, 2.75) is 46.6 Å². The van der Waals surface area contributed by atoms with Gasteiger partial charge in [-0.2, -0.15) is 0 Å². The number of hydrogen-bond acceptors (Lipinski definition) is 1. The number of rotatable bonds is 3. The molecule has 0 aromatic rings. The Labute approximate surface area is 75.9 Å². The van der Waals surface area contributed by atoms with Gasteiger partial charge in [-0.05, 0) is 36.1 Å². The molecule has 0 aromatic carbocycles. The van der Waals surface area contributed by atoms with Gasteiger partial charge in [0, 0.05) is 6.04 Å². The predicted octanol–water partition coefficient (Wildman–Crippen LogP) is 2.42. The van der Waals surface area contributed by atoms with E-state index >= 15 is 0 Å². The molecule has 2 saturated carbocycles. The maximum Gasteiger partial charge on any atom is 0.00683 e. The minimum atomic E-state index is 0.564. The molecule has 0 amide bonds. The van der Waals surface area contributed by atoms with Gasteiger partial charge in [0.1, 0.15) is 0 Å². The summed E-state index contributed by atoms with van der Waals surface area (Å²) in [5, 5.41) is 3.63. The van der Waals surface area contributed by atoms with Crippen molar-refractivity contribution in [2.24, 2.45) is 16.7 Å². The molecule has 0 aromatic heterocycles. The van der Waals surface area contributed by atoms with E-state index in [2.05, 4.69) is 33.0 Å². The summed E-state index contributed by atoms with van der Waals surface area (Å²) in [5.74, 6) is 0.894. The Morgan fingerprint density at radius 3 is 1.92 bits per heavy atom. The maximum absolute atomic E-state index is 3.63. The maximum atomic E-state index is 3.63. The average Bonchev–Trinajstić information content (AvgIpc) is 2.75. The van der Waals surface area contributed by atoms with Crippen molar-refractivity contribution in [3.63, 3.8) is 0 Å². The Kier molecular flexibility index (Phi) is 1.61. The van der Waals surface area contributed by atoms with Gasteiger partial charge in [0.2, 0.25) is 0 Å². The molecule has 0 bridgehead atoms. The van der Waals surface area contributed by atoms with Crippen molar-refractivity contribution in [2.75, 3.05) is 6.54 Å². The van der Waals surface area contributed by atoms with E-state index in [0.717, 1.165) is 12.0 Å². The second-order valence-electron chi connectivity index (χ2n) is 5.68. The first kappa shape index (κ1) is 8.55. The van der Waals surface area contributed by atoms with Gasteiger partial charge in [-0.15, -0.1) is 0 Å². The molecule has 2 rings (SSSR count). The van der Waals surface area contributed by atoms with E-state index in [1.807, 2.05) is 0 Å². The first-order valence-corrected chi connectivity index (χ1v) is 5.19. The van der Waals surface area contributed by atoms with Crippen LogP contribution in [0.4, 0.5) is 0 Å². The summed E-state index contributed by atoms with van der Waals surface area (Å²) in [6, 6.07) is 0.872. The summed E-state index contributed by atoms with van der Waals surface area (Å²) in [6.07, 6.45) is 2.82. The van der Waals surface area contributed by atoms with Crippen molar-refractivity contribution in [1.29, 1.82) is 0 Å². The largest absolute Gasteiger partial charge is 0.314 e. The van der Waals surface area contributed by atoms with Gasteiger partial charge in [0.25, 0.3) is 0 Å². The van der Waals surface area contributed by atoms with Crippen LogP contribution < -0.4 is 5.32 Å². The normalized spacial score (nSPS) is 32.0. The lowest BCUT2D eigenvalue weighted by atomic mass is 10.0. The molecule has 2 fully saturated rings. The molecule has 1 N–H and O–H groups in total. The third kappa shape index (κ3) is 1.10.